The third kappa shape index (κ3) is 4.82. The van der Waals surface area contributed by atoms with Crippen molar-refractivity contribution in [2.24, 2.45) is 0 Å². The van der Waals surface area contributed by atoms with Gasteiger partial charge in [0.15, 0.2) is 11.5 Å². The van der Waals surface area contributed by atoms with Gasteiger partial charge in [0.25, 0.3) is 0 Å². The molecule has 3 aromatic carbocycles. The molecule has 1 N–H and O–H groups in total. The number of fused-ring (bicyclic) bond motifs is 1. The Kier molecular flexibility index (Phi) is 6.71. The summed E-state index contributed by atoms with van der Waals surface area (Å²) >= 11 is 0. The maximum absolute atomic E-state index is 9.39. The maximum Gasteiger partial charge on any atom is 0.232 e. The standard InChI is InChI=1S/C26H21N5O3/c1-3-12-33-23-14-18(16-28)13-22(32-2)24(23)34-25-20-6-4-5-7-21(20)30-26(31-25)29-19-10-8-17(15-27)9-11-19/h4-11,13-14H,3,12H2,1-2H3,(H,29,30,31). The minimum atomic E-state index is 0.297. The van der Waals surface area contributed by atoms with E-state index in [0.29, 0.717) is 57.7 Å². The summed E-state index contributed by atoms with van der Waals surface area (Å²) in [4.78, 5) is 9.17. The zero-order valence-corrected chi connectivity index (χ0v) is 18.7. The lowest BCUT2D eigenvalue weighted by Gasteiger charge is -2.17. The second kappa shape index (κ2) is 10.2. The molecule has 0 amide bonds. The smallest absolute Gasteiger partial charge is 0.232 e. The lowest BCUT2D eigenvalue weighted by molar-refractivity contribution is 0.292. The van der Waals surface area contributed by atoms with Crippen LogP contribution in [0.1, 0.15) is 24.5 Å². The van der Waals surface area contributed by atoms with Gasteiger partial charge in [-0.1, -0.05) is 19.1 Å². The van der Waals surface area contributed by atoms with Crippen molar-refractivity contribution in [3.05, 3.63) is 71.8 Å². The summed E-state index contributed by atoms with van der Waals surface area (Å²) < 4.78 is 17.6. The average molecular weight is 451 g/mol. The van der Waals surface area contributed by atoms with Gasteiger partial charge >= 0.3 is 0 Å². The number of rotatable bonds is 8. The van der Waals surface area contributed by atoms with Crippen LogP contribution in [0.2, 0.25) is 0 Å². The molecule has 0 aliphatic carbocycles. The predicted molar refractivity (Wildman–Crippen MR) is 128 cm³/mol. The largest absolute Gasteiger partial charge is 0.493 e. The van der Waals surface area contributed by atoms with Gasteiger partial charge in [-0.15, -0.1) is 0 Å². The number of nitrogens with zero attached hydrogens (tertiary/aromatic N) is 4. The molecule has 0 bridgehead atoms. The number of ether oxygens (including phenoxy) is 3. The Hall–Kier alpha value is -4.82. The molecule has 0 spiro atoms. The molecule has 0 atom stereocenters. The number of nitriles is 2. The molecule has 0 aliphatic rings. The number of hydrogen-bond donors (Lipinski definition) is 1. The first kappa shape index (κ1) is 22.4. The summed E-state index contributed by atoms with van der Waals surface area (Å²) in [7, 11) is 1.50. The second-order valence-corrected chi connectivity index (χ2v) is 7.25. The van der Waals surface area contributed by atoms with Crippen molar-refractivity contribution in [2.45, 2.75) is 13.3 Å². The van der Waals surface area contributed by atoms with Crippen LogP contribution >= 0.6 is 0 Å². The molecule has 0 unspecified atom stereocenters. The van der Waals surface area contributed by atoms with Crippen molar-refractivity contribution in [3.8, 4) is 35.3 Å². The average Bonchev–Trinajstić information content (AvgIpc) is 2.88. The fourth-order valence-corrected chi connectivity index (χ4v) is 3.25. The fourth-order valence-electron chi connectivity index (χ4n) is 3.25. The summed E-state index contributed by atoms with van der Waals surface area (Å²) in [6.07, 6.45) is 0.785. The van der Waals surface area contributed by atoms with Crippen LogP contribution in [0.4, 0.5) is 11.6 Å². The van der Waals surface area contributed by atoms with E-state index in [1.165, 1.54) is 7.11 Å². The van der Waals surface area contributed by atoms with E-state index in [-0.39, 0.29) is 0 Å². The summed E-state index contributed by atoms with van der Waals surface area (Å²) in [5.41, 5.74) is 2.35. The Labute approximate surface area is 197 Å². The molecule has 34 heavy (non-hydrogen) atoms. The number of benzene rings is 3. The van der Waals surface area contributed by atoms with Gasteiger partial charge < -0.3 is 19.5 Å². The molecule has 0 saturated heterocycles. The van der Waals surface area contributed by atoms with Crippen molar-refractivity contribution in [1.82, 2.24) is 9.97 Å². The molecule has 1 heterocycles. The number of para-hydroxylation sites is 1. The second-order valence-electron chi connectivity index (χ2n) is 7.25. The van der Waals surface area contributed by atoms with Gasteiger partial charge in [0.1, 0.15) is 0 Å². The Bertz CT molecular complexity index is 1410. The number of hydrogen-bond acceptors (Lipinski definition) is 8. The van der Waals surface area contributed by atoms with Crippen molar-refractivity contribution < 1.29 is 14.2 Å². The van der Waals surface area contributed by atoms with E-state index in [1.54, 1.807) is 36.4 Å². The molecular formula is C26H21N5O3. The highest BCUT2D eigenvalue weighted by atomic mass is 16.5. The van der Waals surface area contributed by atoms with E-state index in [1.807, 2.05) is 31.2 Å². The summed E-state index contributed by atoms with van der Waals surface area (Å²) in [6.45, 7) is 2.44. The zero-order valence-electron chi connectivity index (χ0n) is 18.7. The van der Waals surface area contributed by atoms with Gasteiger partial charge in [0.2, 0.25) is 17.6 Å². The monoisotopic (exact) mass is 451 g/mol. The Morgan fingerprint density at radius 2 is 1.65 bits per heavy atom. The molecule has 168 valence electrons. The first-order chi connectivity index (χ1) is 16.6. The van der Waals surface area contributed by atoms with Gasteiger partial charge in [-0.3, -0.25) is 0 Å². The molecular weight excluding hydrogens is 430 g/mol. The van der Waals surface area contributed by atoms with Crippen molar-refractivity contribution in [2.75, 3.05) is 19.0 Å². The quantitative estimate of drug-likeness (QED) is 0.363. The lowest BCUT2D eigenvalue weighted by Crippen LogP contribution is -2.03. The minimum absolute atomic E-state index is 0.297. The Balaban J connectivity index is 1.78. The Morgan fingerprint density at radius 1 is 0.912 bits per heavy atom. The van der Waals surface area contributed by atoms with E-state index in [2.05, 4.69) is 27.4 Å². The van der Waals surface area contributed by atoms with Crippen molar-refractivity contribution in [3.63, 3.8) is 0 Å². The summed E-state index contributed by atoms with van der Waals surface area (Å²) in [5, 5.41) is 22.3. The minimum Gasteiger partial charge on any atom is -0.493 e. The molecule has 8 heteroatoms. The van der Waals surface area contributed by atoms with Crippen LogP contribution in [0, 0.1) is 22.7 Å². The highest BCUT2D eigenvalue weighted by Crippen LogP contribution is 2.42. The molecule has 0 saturated carbocycles. The fraction of sp³-hybridized carbons (Fsp3) is 0.154. The molecule has 0 aliphatic heterocycles. The van der Waals surface area contributed by atoms with Crippen LogP contribution in [0.25, 0.3) is 10.9 Å². The number of nitrogens with one attached hydrogen (secondary N) is 1. The molecule has 0 fully saturated rings. The number of anilines is 2. The van der Waals surface area contributed by atoms with Gasteiger partial charge in [-0.25, -0.2) is 4.98 Å². The Morgan fingerprint density at radius 3 is 2.35 bits per heavy atom. The molecule has 0 radical (unpaired) electrons. The molecule has 4 aromatic rings. The SMILES string of the molecule is CCCOc1cc(C#N)cc(OC)c1Oc1nc(Nc2ccc(C#N)cc2)nc2ccccc12. The van der Waals surface area contributed by atoms with Crippen molar-refractivity contribution in [1.29, 1.82) is 10.5 Å². The van der Waals surface area contributed by atoms with Crippen LogP contribution in [0.5, 0.6) is 23.1 Å². The molecule has 8 nitrogen and oxygen atoms in total. The van der Waals surface area contributed by atoms with Crippen LogP contribution in [-0.4, -0.2) is 23.7 Å². The van der Waals surface area contributed by atoms with Crippen LogP contribution in [0.15, 0.2) is 60.7 Å². The maximum atomic E-state index is 9.39. The molecule has 1 aromatic heterocycles. The van der Waals surface area contributed by atoms with Gasteiger partial charge in [-0.05, 0) is 42.8 Å². The third-order valence-corrected chi connectivity index (χ3v) is 4.87. The highest BCUT2D eigenvalue weighted by Gasteiger charge is 2.19. The zero-order chi connectivity index (χ0) is 23.9. The topological polar surface area (TPSA) is 113 Å². The van der Waals surface area contributed by atoms with E-state index in [0.717, 1.165) is 12.1 Å². The predicted octanol–water partition coefficient (Wildman–Crippen LogP) is 5.71. The normalized spacial score (nSPS) is 10.2. The van der Waals surface area contributed by atoms with E-state index >= 15 is 0 Å². The number of methoxy groups -OCH3 is 1. The summed E-state index contributed by atoms with van der Waals surface area (Å²) in [5.74, 6) is 1.69. The molecule has 4 rings (SSSR count). The van der Waals surface area contributed by atoms with Crippen LogP contribution < -0.4 is 19.5 Å². The van der Waals surface area contributed by atoms with Gasteiger partial charge in [-0.2, -0.15) is 15.5 Å². The summed E-state index contributed by atoms with van der Waals surface area (Å²) in [6, 6.07) is 21.9. The van der Waals surface area contributed by atoms with Gasteiger partial charge in [0.05, 0.1) is 47.9 Å². The van der Waals surface area contributed by atoms with E-state index in [4.69, 9.17) is 19.5 Å². The van der Waals surface area contributed by atoms with E-state index in [9.17, 15) is 5.26 Å². The van der Waals surface area contributed by atoms with E-state index < -0.39 is 0 Å². The third-order valence-electron chi connectivity index (χ3n) is 4.87. The van der Waals surface area contributed by atoms with Gasteiger partial charge in [0, 0.05) is 17.8 Å². The lowest BCUT2D eigenvalue weighted by atomic mass is 10.2. The number of aromatic nitrogens is 2. The van der Waals surface area contributed by atoms with Crippen LogP contribution in [0.3, 0.4) is 0 Å². The highest BCUT2D eigenvalue weighted by molar-refractivity contribution is 5.85. The van der Waals surface area contributed by atoms with Crippen molar-refractivity contribution >= 4 is 22.5 Å². The first-order valence-corrected chi connectivity index (χ1v) is 10.6. The van der Waals surface area contributed by atoms with Crippen LogP contribution in [-0.2, 0) is 0 Å². The first-order valence-electron chi connectivity index (χ1n) is 10.6.